The molecule has 114 valence electrons. The summed E-state index contributed by atoms with van der Waals surface area (Å²) in [6.07, 6.45) is 2.37. The van der Waals surface area contributed by atoms with E-state index in [1.165, 1.54) is 0 Å². The van der Waals surface area contributed by atoms with Crippen molar-refractivity contribution in [3.8, 4) is 0 Å². The Morgan fingerprint density at radius 2 is 1.95 bits per heavy atom. The van der Waals surface area contributed by atoms with Crippen molar-refractivity contribution in [2.45, 2.75) is 44.8 Å². The van der Waals surface area contributed by atoms with Crippen LogP contribution in [0.1, 0.15) is 40.0 Å². The molecule has 1 saturated carbocycles. The van der Waals surface area contributed by atoms with Crippen LogP contribution in [0.4, 0.5) is 0 Å². The maximum absolute atomic E-state index is 12.7. The van der Waals surface area contributed by atoms with Gasteiger partial charge in [-0.3, -0.25) is 9.59 Å². The van der Waals surface area contributed by atoms with E-state index in [4.69, 9.17) is 0 Å². The first kappa shape index (κ1) is 15.7. The van der Waals surface area contributed by atoms with Crippen LogP contribution in [0.25, 0.3) is 0 Å². The zero-order valence-corrected chi connectivity index (χ0v) is 13.4. The van der Waals surface area contributed by atoms with Crippen molar-refractivity contribution in [1.82, 2.24) is 4.90 Å². The van der Waals surface area contributed by atoms with Gasteiger partial charge in [0.2, 0.25) is 5.91 Å². The Morgan fingerprint density at radius 1 is 1.30 bits per heavy atom. The van der Waals surface area contributed by atoms with Gasteiger partial charge in [0.25, 0.3) is 0 Å². The normalized spacial score (nSPS) is 33.1. The number of aliphatic carboxylic acids is 1. The summed E-state index contributed by atoms with van der Waals surface area (Å²) >= 11 is 1.89. The lowest BCUT2D eigenvalue weighted by Crippen LogP contribution is -2.49. The van der Waals surface area contributed by atoms with Crippen LogP contribution in [0, 0.1) is 17.8 Å². The molecule has 0 aromatic heterocycles. The molecule has 4 nitrogen and oxygen atoms in total. The summed E-state index contributed by atoms with van der Waals surface area (Å²) in [7, 11) is 0. The number of nitrogens with zero attached hydrogens (tertiary/aromatic N) is 1. The van der Waals surface area contributed by atoms with Gasteiger partial charge in [0.1, 0.15) is 0 Å². The molecule has 1 saturated heterocycles. The zero-order valence-electron chi connectivity index (χ0n) is 12.6. The van der Waals surface area contributed by atoms with Crippen LogP contribution in [0.2, 0.25) is 0 Å². The number of rotatable bonds is 3. The Bertz CT molecular complexity index is 397. The van der Waals surface area contributed by atoms with Gasteiger partial charge < -0.3 is 10.0 Å². The molecule has 1 unspecified atom stereocenters. The Balaban J connectivity index is 2.08. The van der Waals surface area contributed by atoms with Gasteiger partial charge in [0, 0.05) is 23.6 Å². The van der Waals surface area contributed by atoms with E-state index < -0.39 is 11.9 Å². The third-order valence-corrected chi connectivity index (χ3v) is 5.91. The van der Waals surface area contributed by atoms with E-state index in [-0.39, 0.29) is 16.6 Å². The highest BCUT2D eigenvalue weighted by Crippen LogP contribution is 2.40. The minimum Gasteiger partial charge on any atom is -0.481 e. The average Bonchev–Trinajstić information content (AvgIpc) is 2.81. The Hall–Kier alpha value is -0.710. The van der Waals surface area contributed by atoms with Gasteiger partial charge >= 0.3 is 5.97 Å². The molecular formula is C15H25NO3S. The van der Waals surface area contributed by atoms with Gasteiger partial charge in [0.05, 0.1) is 11.8 Å². The van der Waals surface area contributed by atoms with E-state index in [1.54, 1.807) is 0 Å². The molecule has 5 heteroatoms. The van der Waals surface area contributed by atoms with Gasteiger partial charge in [-0.15, -0.1) is 0 Å². The third kappa shape index (κ3) is 3.30. The summed E-state index contributed by atoms with van der Waals surface area (Å²) in [4.78, 5) is 26.0. The first-order chi connectivity index (χ1) is 9.34. The monoisotopic (exact) mass is 299 g/mol. The molecule has 2 aliphatic rings. The van der Waals surface area contributed by atoms with Gasteiger partial charge in [-0.05, 0) is 32.6 Å². The fourth-order valence-corrected chi connectivity index (χ4v) is 4.57. The molecule has 0 aromatic rings. The SMILES string of the molecule is CCC1C[C@H](C(=O)N2CCSC(C)(C)C2)[C@H](C(=O)O)C1. The minimum atomic E-state index is -0.801. The van der Waals surface area contributed by atoms with Crippen molar-refractivity contribution in [1.29, 1.82) is 0 Å². The van der Waals surface area contributed by atoms with Crippen molar-refractivity contribution in [2.75, 3.05) is 18.8 Å². The van der Waals surface area contributed by atoms with E-state index in [9.17, 15) is 14.7 Å². The maximum atomic E-state index is 12.7. The second kappa shape index (κ2) is 5.96. The van der Waals surface area contributed by atoms with Crippen LogP contribution in [0.3, 0.4) is 0 Å². The van der Waals surface area contributed by atoms with Crippen molar-refractivity contribution in [2.24, 2.45) is 17.8 Å². The highest BCUT2D eigenvalue weighted by atomic mass is 32.2. The van der Waals surface area contributed by atoms with Crippen molar-refractivity contribution < 1.29 is 14.7 Å². The summed E-state index contributed by atoms with van der Waals surface area (Å²) in [6, 6.07) is 0. The number of carbonyl (C=O) groups is 2. The molecule has 20 heavy (non-hydrogen) atoms. The highest BCUT2D eigenvalue weighted by Gasteiger charge is 2.44. The second-order valence-electron chi connectivity index (χ2n) is 6.66. The molecule has 3 atom stereocenters. The molecule has 2 fully saturated rings. The largest absolute Gasteiger partial charge is 0.481 e. The van der Waals surface area contributed by atoms with Crippen LogP contribution in [-0.2, 0) is 9.59 Å². The molecule has 1 N–H and O–H groups in total. The molecule has 0 spiro atoms. The van der Waals surface area contributed by atoms with Crippen molar-refractivity contribution in [3.05, 3.63) is 0 Å². The van der Waals surface area contributed by atoms with Gasteiger partial charge in [-0.1, -0.05) is 13.3 Å². The number of hydrogen-bond acceptors (Lipinski definition) is 3. The van der Waals surface area contributed by atoms with Gasteiger partial charge in [-0.2, -0.15) is 11.8 Å². The van der Waals surface area contributed by atoms with Gasteiger partial charge in [-0.25, -0.2) is 0 Å². The fourth-order valence-electron chi connectivity index (χ4n) is 3.46. The van der Waals surface area contributed by atoms with Crippen LogP contribution in [0.5, 0.6) is 0 Å². The zero-order chi connectivity index (χ0) is 14.9. The summed E-state index contributed by atoms with van der Waals surface area (Å²) in [6.45, 7) is 7.87. The Kier molecular flexibility index (Phi) is 4.67. The van der Waals surface area contributed by atoms with Crippen LogP contribution in [-0.4, -0.2) is 45.5 Å². The lowest BCUT2D eigenvalue weighted by molar-refractivity contribution is -0.149. The first-order valence-corrected chi connectivity index (χ1v) is 8.48. The maximum Gasteiger partial charge on any atom is 0.307 e. The molecule has 1 aliphatic heterocycles. The average molecular weight is 299 g/mol. The first-order valence-electron chi connectivity index (χ1n) is 7.49. The summed E-state index contributed by atoms with van der Waals surface area (Å²) in [5.41, 5.74) is 0. The minimum absolute atomic E-state index is 0.0710. The van der Waals surface area contributed by atoms with Crippen LogP contribution < -0.4 is 0 Å². The van der Waals surface area contributed by atoms with E-state index in [1.807, 2.05) is 16.7 Å². The summed E-state index contributed by atoms with van der Waals surface area (Å²) in [5.74, 6) is -0.189. The molecular weight excluding hydrogens is 274 g/mol. The summed E-state index contributed by atoms with van der Waals surface area (Å²) < 4.78 is 0.0788. The van der Waals surface area contributed by atoms with Crippen molar-refractivity contribution >= 4 is 23.6 Å². The van der Waals surface area contributed by atoms with Crippen LogP contribution in [0.15, 0.2) is 0 Å². The molecule has 0 aromatic carbocycles. The molecule has 1 amide bonds. The molecule has 0 bridgehead atoms. The number of carboxylic acids is 1. The molecule has 2 rings (SSSR count). The lowest BCUT2D eigenvalue weighted by atomic mass is 9.94. The topological polar surface area (TPSA) is 57.6 Å². The fraction of sp³-hybridized carbons (Fsp3) is 0.867. The van der Waals surface area contributed by atoms with Crippen molar-refractivity contribution in [3.63, 3.8) is 0 Å². The second-order valence-corrected chi connectivity index (χ2v) is 8.47. The quantitative estimate of drug-likeness (QED) is 0.870. The number of hydrogen-bond donors (Lipinski definition) is 1. The highest BCUT2D eigenvalue weighted by molar-refractivity contribution is 8.00. The number of thioether (sulfide) groups is 1. The Labute approximate surface area is 125 Å². The standard InChI is InChI=1S/C15H25NO3S/c1-4-10-7-11(12(8-10)14(18)19)13(17)16-5-6-20-15(2,3)9-16/h10-12H,4-9H2,1-3H3,(H,18,19)/t10?,11-,12+/m0/s1. The number of carbonyl (C=O) groups excluding carboxylic acids is 1. The molecule has 1 aliphatic carbocycles. The van der Waals surface area contributed by atoms with E-state index in [2.05, 4.69) is 20.8 Å². The van der Waals surface area contributed by atoms with E-state index in [0.717, 1.165) is 31.7 Å². The smallest absolute Gasteiger partial charge is 0.307 e. The predicted molar refractivity (Wildman–Crippen MR) is 80.7 cm³/mol. The number of amides is 1. The summed E-state index contributed by atoms with van der Waals surface area (Å²) in [5, 5.41) is 9.37. The predicted octanol–water partition coefficient (Wildman–Crippen LogP) is 2.48. The van der Waals surface area contributed by atoms with Crippen LogP contribution >= 0.6 is 11.8 Å². The molecule has 0 radical (unpaired) electrons. The lowest BCUT2D eigenvalue weighted by Gasteiger charge is -2.39. The van der Waals surface area contributed by atoms with E-state index in [0.29, 0.717) is 12.3 Å². The number of carboxylic acid groups (broad SMARTS) is 1. The van der Waals surface area contributed by atoms with E-state index >= 15 is 0 Å². The molecule has 1 heterocycles. The third-order valence-electron chi connectivity index (χ3n) is 4.61. The van der Waals surface area contributed by atoms with Gasteiger partial charge in [0.15, 0.2) is 0 Å². The Morgan fingerprint density at radius 3 is 2.50 bits per heavy atom.